The highest BCUT2D eigenvalue weighted by molar-refractivity contribution is 5.96. The Bertz CT molecular complexity index is 620. The molecule has 4 nitrogen and oxygen atoms in total. The van der Waals surface area contributed by atoms with Gasteiger partial charge in [0, 0.05) is 13.3 Å². The van der Waals surface area contributed by atoms with E-state index >= 15 is 0 Å². The molecule has 2 N–H and O–H groups in total. The first-order valence-electron chi connectivity index (χ1n) is 10.2. The Labute approximate surface area is 157 Å². The molecule has 4 aliphatic rings. The summed E-state index contributed by atoms with van der Waals surface area (Å²) in [4.78, 5) is 21.1. The first kappa shape index (κ1) is 19.6. The number of carboxylic acid groups (broad SMARTS) is 1. The van der Waals surface area contributed by atoms with Crippen molar-refractivity contribution in [2.75, 3.05) is 0 Å². The lowest BCUT2D eigenvalue weighted by molar-refractivity contribution is -0.134. The number of aliphatic hydroxyl groups is 1. The van der Waals surface area contributed by atoms with Crippen LogP contribution in [0.3, 0.4) is 0 Å². The number of aliphatic hydroxyl groups excluding tert-OH is 1. The smallest absolute Gasteiger partial charge is 0.300 e. The molecule has 3 fully saturated rings. The molecule has 0 aromatic rings. The van der Waals surface area contributed by atoms with Gasteiger partial charge in [-0.25, -0.2) is 0 Å². The summed E-state index contributed by atoms with van der Waals surface area (Å²) in [6.45, 7) is 7.86. The van der Waals surface area contributed by atoms with E-state index < -0.39 is 5.97 Å². The molecule has 4 aliphatic carbocycles. The van der Waals surface area contributed by atoms with E-state index in [1.807, 2.05) is 6.92 Å². The zero-order valence-electron chi connectivity index (χ0n) is 16.6. The number of aliphatic carboxylic acids is 1. The molecule has 0 bridgehead atoms. The second-order valence-electron chi connectivity index (χ2n) is 9.63. The highest BCUT2D eigenvalue weighted by atomic mass is 16.4. The minimum absolute atomic E-state index is 0.0887. The van der Waals surface area contributed by atoms with Gasteiger partial charge in [-0.1, -0.05) is 19.9 Å². The van der Waals surface area contributed by atoms with Gasteiger partial charge in [0.25, 0.3) is 5.97 Å². The Kier molecular flexibility index (Phi) is 5.11. The third kappa shape index (κ3) is 3.04. The Morgan fingerprint density at radius 2 is 1.77 bits per heavy atom. The molecular weight excluding hydrogens is 328 g/mol. The Morgan fingerprint density at radius 3 is 2.42 bits per heavy atom. The van der Waals surface area contributed by atoms with Crippen LogP contribution in [0.15, 0.2) is 11.6 Å². The summed E-state index contributed by atoms with van der Waals surface area (Å²) in [5, 5.41) is 17.9. The maximum absolute atomic E-state index is 12.1. The van der Waals surface area contributed by atoms with Gasteiger partial charge in [0.2, 0.25) is 0 Å². The lowest BCUT2D eigenvalue weighted by Gasteiger charge is -2.58. The summed E-state index contributed by atoms with van der Waals surface area (Å²) in [7, 11) is 0. The van der Waals surface area contributed by atoms with E-state index in [0.717, 1.165) is 37.2 Å². The third-order valence-electron chi connectivity index (χ3n) is 8.31. The third-order valence-corrected chi connectivity index (χ3v) is 8.31. The first-order valence-corrected chi connectivity index (χ1v) is 10.2. The number of ketones is 1. The zero-order chi connectivity index (χ0) is 19.3. The normalized spacial score (nSPS) is 46.9. The van der Waals surface area contributed by atoms with Crippen molar-refractivity contribution < 1.29 is 19.8 Å². The maximum Gasteiger partial charge on any atom is 0.300 e. The molecule has 3 saturated carbocycles. The number of hydrogen-bond acceptors (Lipinski definition) is 3. The molecule has 0 radical (unpaired) electrons. The predicted molar refractivity (Wildman–Crippen MR) is 101 cm³/mol. The van der Waals surface area contributed by atoms with E-state index in [9.17, 15) is 9.90 Å². The number of fused-ring (bicyclic) bond motifs is 5. The van der Waals surface area contributed by atoms with Gasteiger partial charge in [-0.2, -0.15) is 0 Å². The molecule has 4 rings (SSSR count). The van der Waals surface area contributed by atoms with Crippen molar-refractivity contribution in [2.24, 2.45) is 34.5 Å². The van der Waals surface area contributed by atoms with Crippen LogP contribution in [0, 0.1) is 34.5 Å². The molecule has 7 atom stereocenters. The number of allylic oxidation sites excluding steroid dienone is 2. The fourth-order valence-electron chi connectivity index (χ4n) is 6.92. The van der Waals surface area contributed by atoms with Gasteiger partial charge in [-0.15, -0.1) is 0 Å². The van der Waals surface area contributed by atoms with E-state index in [4.69, 9.17) is 9.90 Å². The van der Waals surface area contributed by atoms with Crippen LogP contribution in [0.25, 0.3) is 0 Å². The number of carbonyl (C=O) groups excluding carboxylic acids is 1. The molecular formula is C22H34O4. The maximum atomic E-state index is 12.1. The second-order valence-corrected chi connectivity index (χ2v) is 9.63. The SMILES string of the molecule is CC(=O)O.CC1=C[C@@]2(C)[C@@H](CC[C@@H]3[C@@H]2CC[C@]2(C)[C@@H](O)CC[C@@H]32)CC1=O. The predicted octanol–water partition coefficient (Wildman–Crippen LogP) is 4.22. The molecule has 146 valence electrons. The molecule has 0 spiro atoms. The summed E-state index contributed by atoms with van der Waals surface area (Å²) in [6.07, 6.45) is 10.1. The monoisotopic (exact) mass is 362 g/mol. The zero-order valence-corrected chi connectivity index (χ0v) is 16.6. The van der Waals surface area contributed by atoms with Crippen LogP contribution < -0.4 is 0 Å². The average Bonchev–Trinajstić information content (AvgIpc) is 2.84. The van der Waals surface area contributed by atoms with Gasteiger partial charge < -0.3 is 10.2 Å². The topological polar surface area (TPSA) is 74.6 Å². The van der Waals surface area contributed by atoms with Crippen molar-refractivity contribution in [1.82, 2.24) is 0 Å². The quantitative estimate of drug-likeness (QED) is 0.677. The molecule has 26 heavy (non-hydrogen) atoms. The highest BCUT2D eigenvalue weighted by Gasteiger charge is 2.59. The van der Waals surface area contributed by atoms with E-state index in [1.54, 1.807) is 0 Å². The number of carbonyl (C=O) groups is 2. The van der Waals surface area contributed by atoms with Gasteiger partial charge >= 0.3 is 0 Å². The van der Waals surface area contributed by atoms with Crippen molar-refractivity contribution in [3.05, 3.63) is 11.6 Å². The van der Waals surface area contributed by atoms with Gasteiger partial charge in [0.05, 0.1) is 6.10 Å². The van der Waals surface area contributed by atoms with Crippen LogP contribution in [0.5, 0.6) is 0 Å². The Morgan fingerprint density at radius 1 is 1.12 bits per heavy atom. The van der Waals surface area contributed by atoms with Gasteiger partial charge in [0.1, 0.15) is 0 Å². The Balaban J connectivity index is 0.000000447. The fourth-order valence-corrected chi connectivity index (χ4v) is 6.92. The molecule has 0 aromatic carbocycles. The number of hydrogen-bond donors (Lipinski definition) is 2. The van der Waals surface area contributed by atoms with Crippen LogP contribution in [0.4, 0.5) is 0 Å². The summed E-state index contributed by atoms with van der Waals surface area (Å²) in [5.74, 6) is 2.27. The fraction of sp³-hybridized carbons (Fsp3) is 0.818. The largest absolute Gasteiger partial charge is 0.481 e. The number of carboxylic acids is 1. The van der Waals surface area contributed by atoms with Crippen LogP contribution in [-0.4, -0.2) is 28.1 Å². The van der Waals surface area contributed by atoms with Gasteiger partial charge in [0.15, 0.2) is 5.78 Å². The minimum Gasteiger partial charge on any atom is -0.481 e. The summed E-state index contributed by atoms with van der Waals surface area (Å²) in [5.41, 5.74) is 1.38. The van der Waals surface area contributed by atoms with Crippen LogP contribution in [0.2, 0.25) is 0 Å². The van der Waals surface area contributed by atoms with E-state index in [1.165, 1.54) is 32.1 Å². The molecule has 0 aliphatic heterocycles. The van der Waals surface area contributed by atoms with Gasteiger partial charge in [-0.3, -0.25) is 9.59 Å². The lowest BCUT2D eigenvalue weighted by Crippen LogP contribution is -2.53. The molecule has 0 unspecified atom stereocenters. The lowest BCUT2D eigenvalue weighted by atomic mass is 9.46. The van der Waals surface area contributed by atoms with Crippen LogP contribution in [0.1, 0.15) is 72.6 Å². The van der Waals surface area contributed by atoms with E-state index in [0.29, 0.717) is 17.6 Å². The van der Waals surface area contributed by atoms with Crippen molar-refractivity contribution in [3.63, 3.8) is 0 Å². The second kappa shape index (κ2) is 6.78. The molecule has 0 heterocycles. The van der Waals surface area contributed by atoms with Crippen molar-refractivity contribution >= 4 is 11.8 Å². The standard InChI is InChI=1S/C20H30O2.C2H4O2/c1-12-11-20(3)13(10-17(12)21)4-5-14-15-6-7-18(22)19(15,2)9-8-16(14)20;1-2(3)4/h11,13-16,18,22H,4-10H2,1-3H3;1H3,(H,3,4)/t13-,14-,15-,16-,18-,19-,20-;/m0./s1. The van der Waals surface area contributed by atoms with Crippen LogP contribution in [-0.2, 0) is 9.59 Å². The molecule has 0 aromatic heterocycles. The molecule has 0 amide bonds. The average molecular weight is 363 g/mol. The molecule has 4 heteroatoms. The van der Waals surface area contributed by atoms with E-state index in [-0.39, 0.29) is 16.9 Å². The van der Waals surface area contributed by atoms with Crippen molar-refractivity contribution in [1.29, 1.82) is 0 Å². The summed E-state index contributed by atoms with van der Waals surface area (Å²) in [6, 6.07) is 0. The highest BCUT2D eigenvalue weighted by Crippen LogP contribution is 2.65. The first-order chi connectivity index (χ1) is 12.1. The number of Topliss-reactive ketones (excluding diaryl/α,β-unsaturated/α-hetero) is 1. The summed E-state index contributed by atoms with van der Waals surface area (Å²) >= 11 is 0. The minimum atomic E-state index is -0.833. The van der Waals surface area contributed by atoms with E-state index in [2.05, 4.69) is 19.9 Å². The Hall–Kier alpha value is -1.16. The van der Waals surface area contributed by atoms with Crippen LogP contribution >= 0.6 is 0 Å². The van der Waals surface area contributed by atoms with Crippen molar-refractivity contribution in [3.8, 4) is 0 Å². The number of rotatable bonds is 0. The molecule has 0 saturated heterocycles. The van der Waals surface area contributed by atoms with Crippen molar-refractivity contribution in [2.45, 2.75) is 78.7 Å². The summed E-state index contributed by atoms with van der Waals surface area (Å²) < 4.78 is 0. The van der Waals surface area contributed by atoms with Gasteiger partial charge in [-0.05, 0) is 85.5 Å².